The highest BCUT2D eigenvalue weighted by molar-refractivity contribution is 5.68. The predicted molar refractivity (Wildman–Crippen MR) is 101 cm³/mol. The Morgan fingerprint density at radius 2 is 1.76 bits per heavy atom. The summed E-state index contributed by atoms with van der Waals surface area (Å²) in [4.78, 5) is 14.6. The zero-order chi connectivity index (χ0) is 18.5. The van der Waals surface area contributed by atoms with E-state index in [2.05, 4.69) is 24.1 Å². The van der Waals surface area contributed by atoms with Crippen LogP contribution < -0.4 is 5.32 Å². The predicted octanol–water partition coefficient (Wildman–Crippen LogP) is 4.10. The molecule has 0 aromatic heterocycles. The van der Waals surface area contributed by atoms with Gasteiger partial charge in [-0.1, -0.05) is 6.92 Å². The number of carbonyl (C=O) groups excluding carboxylic acids is 1. The number of piperidine rings is 1. The first kappa shape index (κ1) is 20.5. The van der Waals surface area contributed by atoms with Crippen LogP contribution in [-0.2, 0) is 9.47 Å². The van der Waals surface area contributed by atoms with Crippen molar-refractivity contribution in [2.24, 2.45) is 0 Å². The maximum Gasteiger partial charge on any atom is 0.407 e. The molecule has 1 aliphatic carbocycles. The van der Waals surface area contributed by atoms with E-state index in [1.807, 2.05) is 20.8 Å². The van der Waals surface area contributed by atoms with Crippen molar-refractivity contribution in [3.63, 3.8) is 0 Å². The van der Waals surface area contributed by atoms with Crippen molar-refractivity contribution in [1.82, 2.24) is 10.2 Å². The van der Waals surface area contributed by atoms with Crippen LogP contribution in [0.2, 0.25) is 0 Å². The first-order valence-corrected chi connectivity index (χ1v) is 10.1. The normalized spacial score (nSPS) is 29.4. The Morgan fingerprint density at radius 3 is 2.28 bits per heavy atom. The Hall–Kier alpha value is -0.810. The van der Waals surface area contributed by atoms with Gasteiger partial charge in [-0.05, 0) is 72.6 Å². The summed E-state index contributed by atoms with van der Waals surface area (Å²) in [7, 11) is 0. The molecule has 0 bridgehead atoms. The second-order valence-corrected chi connectivity index (χ2v) is 8.97. The van der Waals surface area contributed by atoms with Crippen molar-refractivity contribution in [3.8, 4) is 0 Å². The van der Waals surface area contributed by atoms with Gasteiger partial charge in [-0.3, -0.25) is 4.90 Å². The summed E-state index contributed by atoms with van der Waals surface area (Å²) in [5, 5.41) is 3.03. The van der Waals surface area contributed by atoms with Crippen LogP contribution in [0.1, 0.15) is 79.6 Å². The smallest absolute Gasteiger partial charge is 0.407 e. The fraction of sp³-hybridized carbons (Fsp3) is 0.950. The number of hydrogen-bond acceptors (Lipinski definition) is 4. The van der Waals surface area contributed by atoms with Gasteiger partial charge < -0.3 is 14.8 Å². The second-order valence-electron chi connectivity index (χ2n) is 8.97. The molecule has 1 N–H and O–H groups in total. The van der Waals surface area contributed by atoms with Crippen molar-refractivity contribution in [3.05, 3.63) is 0 Å². The van der Waals surface area contributed by atoms with Crippen LogP contribution in [-0.4, -0.2) is 54.0 Å². The molecule has 1 heterocycles. The standard InChI is InChI=1S/C20H38N2O3/c1-6-15-24-17-7-11-20(5,12-8-17)22-13-9-16(10-14-22)21-18(23)25-19(2,3)4/h16-17H,6-15H2,1-5H3,(H,21,23). The maximum absolute atomic E-state index is 11.9. The largest absolute Gasteiger partial charge is 0.444 e. The molecule has 1 saturated carbocycles. The lowest BCUT2D eigenvalue weighted by molar-refractivity contribution is -0.0296. The van der Waals surface area contributed by atoms with Gasteiger partial charge in [0.25, 0.3) is 0 Å². The Balaban J connectivity index is 1.73. The molecule has 1 amide bonds. The van der Waals surface area contributed by atoms with Crippen molar-refractivity contribution >= 4 is 6.09 Å². The van der Waals surface area contributed by atoms with Gasteiger partial charge in [0.05, 0.1) is 6.10 Å². The average molecular weight is 355 g/mol. The molecule has 0 unspecified atom stereocenters. The minimum atomic E-state index is -0.434. The van der Waals surface area contributed by atoms with E-state index in [0.29, 0.717) is 11.6 Å². The summed E-state index contributed by atoms with van der Waals surface area (Å²) >= 11 is 0. The van der Waals surface area contributed by atoms with Gasteiger partial charge >= 0.3 is 6.09 Å². The molecule has 2 fully saturated rings. The monoisotopic (exact) mass is 354 g/mol. The van der Waals surface area contributed by atoms with Gasteiger partial charge in [0, 0.05) is 31.3 Å². The summed E-state index contributed by atoms with van der Waals surface area (Å²) in [6.07, 6.45) is 8.06. The number of ether oxygens (including phenoxy) is 2. The minimum Gasteiger partial charge on any atom is -0.444 e. The summed E-state index contributed by atoms with van der Waals surface area (Å²) in [6, 6.07) is 0.235. The van der Waals surface area contributed by atoms with Crippen molar-refractivity contribution < 1.29 is 14.3 Å². The first-order valence-electron chi connectivity index (χ1n) is 10.1. The number of nitrogens with one attached hydrogen (secondary N) is 1. The van der Waals surface area contributed by atoms with Gasteiger partial charge in [-0.15, -0.1) is 0 Å². The van der Waals surface area contributed by atoms with Crippen molar-refractivity contribution in [2.75, 3.05) is 19.7 Å². The fourth-order valence-corrected chi connectivity index (χ4v) is 4.02. The molecule has 2 aliphatic rings. The molecule has 0 aromatic carbocycles. The highest BCUT2D eigenvalue weighted by Crippen LogP contribution is 2.36. The Morgan fingerprint density at radius 1 is 1.16 bits per heavy atom. The third kappa shape index (κ3) is 6.45. The lowest BCUT2D eigenvalue weighted by Gasteiger charge is -2.48. The Kier molecular flexibility index (Phi) is 7.15. The molecule has 0 aromatic rings. The van der Waals surface area contributed by atoms with Crippen LogP contribution in [0.15, 0.2) is 0 Å². The molecule has 0 spiro atoms. The van der Waals surface area contributed by atoms with Gasteiger partial charge in [-0.25, -0.2) is 4.79 Å². The van der Waals surface area contributed by atoms with Crippen molar-refractivity contribution in [2.45, 2.75) is 103 Å². The number of rotatable bonds is 5. The summed E-state index contributed by atoms with van der Waals surface area (Å²) < 4.78 is 11.3. The molecular weight excluding hydrogens is 316 g/mol. The van der Waals surface area contributed by atoms with Crippen LogP contribution >= 0.6 is 0 Å². The second kappa shape index (κ2) is 8.72. The van der Waals surface area contributed by atoms with Gasteiger partial charge in [0.15, 0.2) is 0 Å². The van der Waals surface area contributed by atoms with E-state index in [9.17, 15) is 4.79 Å². The number of hydrogen-bond donors (Lipinski definition) is 1. The summed E-state index contributed by atoms with van der Waals surface area (Å²) in [5.41, 5.74) is -0.139. The molecule has 1 aliphatic heterocycles. The number of carbonyl (C=O) groups is 1. The highest BCUT2D eigenvalue weighted by atomic mass is 16.6. The highest BCUT2D eigenvalue weighted by Gasteiger charge is 2.38. The molecule has 25 heavy (non-hydrogen) atoms. The van der Waals surface area contributed by atoms with Gasteiger partial charge in [0.1, 0.15) is 5.60 Å². The molecule has 0 atom stereocenters. The van der Waals surface area contributed by atoms with Crippen LogP contribution in [0.25, 0.3) is 0 Å². The molecule has 5 nitrogen and oxygen atoms in total. The van der Waals surface area contributed by atoms with Crippen LogP contribution in [0, 0.1) is 0 Å². The summed E-state index contributed by atoms with van der Waals surface area (Å²) in [6.45, 7) is 13.3. The third-order valence-electron chi connectivity index (χ3n) is 5.55. The number of likely N-dealkylation sites (tertiary alicyclic amines) is 1. The average Bonchev–Trinajstić information content (AvgIpc) is 2.53. The van der Waals surface area contributed by atoms with E-state index in [4.69, 9.17) is 9.47 Å². The van der Waals surface area contributed by atoms with Gasteiger partial charge in [0.2, 0.25) is 0 Å². The molecule has 1 saturated heterocycles. The quantitative estimate of drug-likeness (QED) is 0.807. The van der Waals surface area contributed by atoms with E-state index >= 15 is 0 Å². The van der Waals surface area contributed by atoms with E-state index in [-0.39, 0.29) is 12.1 Å². The zero-order valence-electron chi connectivity index (χ0n) is 16.9. The third-order valence-corrected chi connectivity index (χ3v) is 5.55. The molecule has 2 rings (SSSR count). The summed E-state index contributed by atoms with van der Waals surface area (Å²) in [5.74, 6) is 0. The minimum absolute atomic E-state index is 0.235. The van der Waals surface area contributed by atoms with E-state index < -0.39 is 5.60 Å². The molecular formula is C20H38N2O3. The Labute approximate surface area is 153 Å². The van der Waals surface area contributed by atoms with Crippen LogP contribution in [0.5, 0.6) is 0 Å². The van der Waals surface area contributed by atoms with E-state index in [1.165, 1.54) is 25.7 Å². The number of nitrogens with zero attached hydrogens (tertiary/aromatic N) is 1. The maximum atomic E-state index is 11.9. The van der Waals surface area contributed by atoms with E-state index in [0.717, 1.165) is 39.0 Å². The van der Waals surface area contributed by atoms with Crippen molar-refractivity contribution in [1.29, 1.82) is 0 Å². The molecule has 146 valence electrons. The molecule has 5 heteroatoms. The van der Waals surface area contributed by atoms with E-state index in [1.54, 1.807) is 0 Å². The number of amides is 1. The lowest BCUT2D eigenvalue weighted by Crippen LogP contribution is -2.55. The zero-order valence-corrected chi connectivity index (χ0v) is 16.9. The first-order chi connectivity index (χ1) is 11.7. The number of alkyl carbamates (subject to hydrolysis) is 1. The topological polar surface area (TPSA) is 50.8 Å². The van der Waals surface area contributed by atoms with Crippen LogP contribution in [0.3, 0.4) is 0 Å². The fourth-order valence-electron chi connectivity index (χ4n) is 4.02. The van der Waals surface area contributed by atoms with Gasteiger partial charge in [-0.2, -0.15) is 0 Å². The lowest BCUT2D eigenvalue weighted by atomic mass is 9.79. The SMILES string of the molecule is CCCOC1CCC(C)(N2CCC(NC(=O)OC(C)(C)C)CC2)CC1. The molecule has 0 radical (unpaired) electrons. The Bertz CT molecular complexity index is 417. The van der Waals surface area contributed by atoms with Crippen LogP contribution in [0.4, 0.5) is 4.79 Å².